The van der Waals surface area contributed by atoms with Crippen molar-refractivity contribution in [3.05, 3.63) is 29.3 Å². The lowest BCUT2D eigenvalue weighted by Crippen LogP contribution is -2.40. The van der Waals surface area contributed by atoms with Crippen LogP contribution in [0.25, 0.3) is 0 Å². The van der Waals surface area contributed by atoms with Crippen molar-refractivity contribution in [1.82, 2.24) is 4.72 Å². The molecule has 0 unspecified atom stereocenters. The Labute approximate surface area is 115 Å². The van der Waals surface area contributed by atoms with Gasteiger partial charge in [-0.1, -0.05) is 19.9 Å². The van der Waals surface area contributed by atoms with E-state index in [1.54, 1.807) is 32.9 Å². The van der Waals surface area contributed by atoms with E-state index in [-0.39, 0.29) is 16.4 Å². The lowest BCUT2D eigenvalue weighted by molar-refractivity contribution is 0.491. The molecule has 0 spiro atoms. The first-order chi connectivity index (χ1) is 8.57. The average molecular weight is 280 g/mol. The fourth-order valence-electron chi connectivity index (χ4n) is 1.69. The molecule has 0 aromatic heterocycles. The van der Waals surface area contributed by atoms with Crippen LogP contribution >= 0.6 is 0 Å². The third-order valence-electron chi connectivity index (χ3n) is 2.52. The summed E-state index contributed by atoms with van der Waals surface area (Å²) >= 11 is 0. The highest BCUT2D eigenvalue weighted by Gasteiger charge is 2.24. The Kier molecular flexibility index (Phi) is 4.39. The number of nitrogens with zero attached hydrogens (tertiary/aromatic N) is 1. The summed E-state index contributed by atoms with van der Waals surface area (Å²) < 4.78 is 27.0. The summed E-state index contributed by atoms with van der Waals surface area (Å²) in [7, 11) is -3.68. The van der Waals surface area contributed by atoms with E-state index in [0.717, 1.165) is 5.56 Å². The Hall–Kier alpha value is -1.38. The van der Waals surface area contributed by atoms with E-state index in [1.165, 1.54) is 6.07 Å². The van der Waals surface area contributed by atoms with E-state index in [0.29, 0.717) is 0 Å². The van der Waals surface area contributed by atoms with Gasteiger partial charge in [0.05, 0.1) is 10.5 Å². The van der Waals surface area contributed by atoms with Crippen molar-refractivity contribution in [2.24, 2.45) is 0 Å². The summed E-state index contributed by atoms with van der Waals surface area (Å²) in [6, 6.07) is 6.86. The first-order valence-corrected chi connectivity index (χ1v) is 7.63. The normalized spacial score (nSPS) is 12.5. The van der Waals surface area contributed by atoms with E-state index < -0.39 is 15.6 Å². The second-order valence-corrected chi connectivity index (χ2v) is 7.53. The highest BCUT2D eigenvalue weighted by Crippen LogP contribution is 2.22. The van der Waals surface area contributed by atoms with Gasteiger partial charge < -0.3 is 0 Å². The highest BCUT2D eigenvalue weighted by atomic mass is 32.2. The van der Waals surface area contributed by atoms with Gasteiger partial charge in [-0.05, 0) is 44.4 Å². The largest absolute Gasteiger partial charge is 0.242 e. The van der Waals surface area contributed by atoms with E-state index in [1.807, 2.05) is 19.9 Å². The molecule has 0 saturated heterocycles. The molecule has 0 aliphatic rings. The lowest BCUT2D eigenvalue weighted by Gasteiger charge is -2.21. The molecule has 0 saturated carbocycles. The average Bonchev–Trinajstić information content (AvgIpc) is 2.24. The molecule has 0 heterocycles. The zero-order valence-corrected chi connectivity index (χ0v) is 12.8. The summed E-state index contributed by atoms with van der Waals surface area (Å²) in [6.45, 7) is 9.29. The van der Waals surface area contributed by atoms with Crippen molar-refractivity contribution in [3.8, 4) is 6.07 Å². The quantitative estimate of drug-likeness (QED) is 0.925. The lowest BCUT2D eigenvalue weighted by atomic mass is 10.0. The van der Waals surface area contributed by atoms with Crippen LogP contribution in [0.1, 0.15) is 51.7 Å². The zero-order valence-electron chi connectivity index (χ0n) is 12.0. The molecular weight excluding hydrogens is 260 g/mol. The van der Waals surface area contributed by atoms with Gasteiger partial charge >= 0.3 is 0 Å². The topological polar surface area (TPSA) is 70.0 Å². The second-order valence-electron chi connectivity index (χ2n) is 5.88. The third kappa shape index (κ3) is 4.05. The smallest absolute Gasteiger partial charge is 0.207 e. The number of nitrogens with one attached hydrogen (secondary N) is 1. The molecule has 1 rings (SSSR count). The summed E-state index contributed by atoms with van der Waals surface area (Å²) in [5.41, 5.74) is 0.552. The maximum atomic E-state index is 12.2. The van der Waals surface area contributed by atoms with Crippen molar-refractivity contribution < 1.29 is 8.42 Å². The van der Waals surface area contributed by atoms with Crippen LogP contribution < -0.4 is 4.72 Å². The molecule has 0 aliphatic heterocycles. The number of nitriles is 1. The van der Waals surface area contributed by atoms with Crippen LogP contribution in [-0.4, -0.2) is 14.0 Å². The minimum atomic E-state index is -3.68. The molecule has 4 nitrogen and oxygen atoms in total. The summed E-state index contributed by atoms with van der Waals surface area (Å²) in [5.74, 6) is 0.249. The van der Waals surface area contributed by atoms with Gasteiger partial charge in [-0.2, -0.15) is 5.26 Å². The molecule has 5 heteroatoms. The Morgan fingerprint density at radius 2 is 1.84 bits per heavy atom. The van der Waals surface area contributed by atoms with Gasteiger partial charge in [0.2, 0.25) is 10.0 Å². The van der Waals surface area contributed by atoms with Crippen LogP contribution in [0.5, 0.6) is 0 Å². The summed E-state index contributed by atoms with van der Waals surface area (Å²) in [4.78, 5) is 0.0364. The van der Waals surface area contributed by atoms with E-state index in [9.17, 15) is 8.42 Å². The van der Waals surface area contributed by atoms with Crippen molar-refractivity contribution in [3.63, 3.8) is 0 Å². The van der Waals surface area contributed by atoms with Crippen LogP contribution in [0.2, 0.25) is 0 Å². The number of hydrogen-bond donors (Lipinski definition) is 1. The molecule has 1 N–H and O–H groups in total. The fraction of sp³-hybridized carbons (Fsp3) is 0.500. The maximum Gasteiger partial charge on any atom is 0.242 e. The fourth-order valence-corrected chi connectivity index (χ4v) is 3.24. The number of sulfonamides is 1. The summed E-state index contributed by atoms with van der Waals surface area (Å²) in [6.07, 6.45) is 0. The predicted octanol–water partition coefficient (Wildman–Crippen LogP) is 2.76. The molecule has 0 atom stereocenters. The van der Waals surface area contributed by atoms with Gasteiger partial charge in [0.15, 0.2) is 0 Å². The van der Waals surface area contributed by atoms with Crippen LogP contribution in [0.4, 0.5) is 0 Å². The van der Waals surface area contributed by atoms with Crippen molar-refractivity contribution in [1.29, 1.82) is 5.26 Å². The standard InChI is InChI=1S/C14H20N2O2S/c1-10(2)11-6-7-13(12(8-11)9-15)19(17,18)16-14(3,4)5/h6-8,10,16H,1-5H3. The SMILES string of the molecule is CC(C)c1ccc(S(=O)(=O)NC(C)(C)C)c(C#N)c1. The molecule has 0 fully saturated rings. The van der Waals surface area contributed by atoms with Crippen molar-refractivity contribution in [2.75, 3.05) is 0 Å². The maximum absolute atomic E-state index is 12.2. The van der Waals surface area contributed by atoms with Gasteiger partial charge in [0.25, 0.3) is 0 Å². The Bertz CT molecular complexity index is 605. The molecule has 0 aliphatic carbocycles. The Balaban J connectivity index is 3.33. The Morgan fingerprint density at radius 1 is 1.26 bits per heavy atom. The number of benzene rings is 1. The number of hydrogen-bond acceptors (Lipinski definition) is 3. The van der Waals surface area contributed by atoms with E-state index in [2.05, 4.69) is 4.72 Å². The molecule has 0 radical (unpaired) electrons. The first-order valence-electron chi connectivity index (χ1n) is 6.15. The van der Waals surface area contributed by atoms with Gasteiger partial charge in [-0.3, -0.25) is 0 Å². The molecule has 0 bridgehead atoms. The molecule has 19 heavy (non-hydrogen) atoms. The third-order valence-corrected chi connectivity index (χ3v) is 4.34. The zero-order chi connectivity index (χ0) is 14.8. The van der Waals surface area contributed by atoms with Gasteiger partial charge in [0.1, 0.15) is 6.07 Å². The molecule has 1 aromatic carbocycles. The van der Waals surface area contributed by atoms with Crippen LogP contribution in [0.15, 0.2) is 23.1 Å². The molecule has 104 valence electrons. The predicted molar refractivity (Wildman–Crippen MR) is 75.3 cm³/mol. The monoisotopic (exact) mass is 280 g/mol. The summed E-state index contributed by atoms with van der Waals surface area (Å²) in [5, 5.41) is 9.14. The minimum absolute atomic E-state index is 0.0364. The minimum Gasteiger partial charge on any atom is -0.207 e. The van der Waals surface area contributed by atoms with Gasteiger partial charge in [0, 0.05) is 5.54 Å². The van der Waals surface area contributed by atoms with Crippen LogP contribution in [-0.2, 0) is 10.0 Å². The Morgan fingerprint density at radius 3 is 2.26 bits per heavy atom. The molecular formula is C14H20N2O2S. The molecule has 1 aromatic rings. The van der Waals surface area contributed by atoms with E-state index in [4.69, 9.17) is 5.26 Å². The van der Waals surface area contributed by atoms with Crippen molar-refractivity contribution in [2.45, 2.75) is 51.0 Å². The van der Waals surface area contributed by atoms with Crippen molar-refractivity contribution >= 4 is 10.0 Å². The highest BCUT2D eigenvalue weighted by molar-refractivity contribution is 7.89. The van der Waals surface area contributed by atoms with Crippen LogP contribution in [0.3, 0.4) is 0 Å². The molecule has 0 amide bonds. The van der Waals surface area contributed by atoms with Gasteiger partial charge in [-0.15, -0.1) is 0 Å². The van der Waals surface area contributed by atoms with Crippen LogP contribution in [0, 0.1) is 11.3 Å². The second kappa shape index (κ2) is 5.32. The number of rotatable bonds is 3. The van der Waals surface area contributed by atoms with E-state index >= 15 is 0 Å². The first kappa shape index (κ1) is 15.7. The van der Waals surface area contributed by atoms with Gasteiger partial charge in [-0.25, -0.2) is 13.1 Å².